The Bertz CT molecular complexity index is 909. The van der Waals surface area contributed by atoms with E-state index in [1.165, 1.54) is 0 Å². The Hall–Kier alpha value is -2.39. The van der Waals surface area contributed by atoms with Crippen molar-refractivity contribution in [3.05, 3.63) is 76.1 Å². The van der Waals surface area contributed by atoms with E-state index in [-0.39, 0.29) is 6.04 Å². The van der Waals surface area contributed by atoms with E-state index < -0.39 is 0 Å². The zero-order valence-corrected chi connectivity index (χ0v) is 13.6. The number of fused-ring (bicyclic) bond motifs is 3. The monoisotopic (exact) mass is 322 g/mol. The Morgan fingerprint density at radius 1 is 1.00 bits per heavy atom. The molecule has 0 bridgehead atoms. The van der Waals surface area contributed by atoms with Crippen molar-refractivity contribution >= 4 is 17.3 Å². The number of halogens is 1. The van der Waals surface area contributed by atoms with E-state index in [0.717, 1.165) is 44.4 Å². The smallest absolute Gasteiger partial charge is 0.169 e. The molecule has 0 saturated carbocycles. The maximum absolute atomic E-state index is 6.02. The Morgan fingerprint density at radius 3 is 2.43 bits per heavy atom. The van der Waals surface area contributed by atoms with Crippen molar-refractivity contribution in [3.8, 4) is 11.1 Å². The first kappa shape index (κ1) is 14.2. The van der Waals surface area contributed by atoms with Crippen LogP contribution in [0.3, 0.4) is 0 Å². The molecule has 0 aliphatic carbocycles. The maximum Gasteiger partial charge on any atom is 0.169 e. The van der Waals surface area contributed by atoms with Crippen LogP contribution in [0.5, 0.6) is 0 Å². The predicted octanol–water partition coefficient (Wildman–Crippen LogP) is 5.22. The molecule has 0 amide bonds. The number of hydrogen-bond acceptors (Lipinski definition) is 3. The number of benzene rings is 2. The van der Waals surface area contributed by atoms with E-state index in [9.17, 15) is 0 Å². The molecule has 114 valence electrons. The molecule has 23 heavy (non-hydrogen) atoms. The highest BCUT2D eigenvalue weighted by molar-refractivity contribution is 6.30. The largest absolute Gasteiger partial charge is 0.358 e. The van der Waals surface area contributed by atoms with Gasteiger partial charge in [0.25, 0.3) is 0 Å². The number of nitrogens with zero attached hydrogens (tertiary/aromatic N) is 2. The van der Waals surface area contributed by atoms with Crippen molar-refractivity contribution in [2.45, 2.75) is 19.9 Å². The summed E-state index contributed by atoms with van der Waals surface area (Å²) in [4.78, 5) is 4.91. The van der Waals surface area contributed by atoms with Crippen LogP contribution in [0.1, 0.15) is 35.5 Å². The van der Waals surface area contributed by atoms with Gasteiger partial charge in [-0.1, -0.05) is 53.2 Å². The molecular formula is C19H15ClN2O. The van der Waals surface area contributed by atoms with Crippen LogP contribution in [0, 0.1) is 6.92 Å². The first-order chi connectivity index (χ1) is 11.1. The van der Waals surface area contributed by atoms with Crippen molar-refractivity contribution in [3.63, 3.8) is 0 Å². The number of aryl methyl sites for hydroxylation is 1. The zero-order valence-electron chi connectivity index (χ0n) is 12.9. The Kier molecular flexibility index (Phi) is 3.31. The average molecular weight is 323 g/mol. The molecule has 3 nitrogen and oxygen atoms in total. The second kappa shape index (κ2) is 5.36. The minimum atomic E-state index is -0.0933. The topological polar surface area (TPSA) is 38.4 Å². The highest BCUT2D eigenvalue weighted by atomic mass is 35.5. The molecule has 4 rings (SSSR count). The fourth-order valence-corrected chi connectivity index (χ4v) is 3.19. The van der Waals surface area contributed by atoms with E-state index in [2.05, 4.69) is 17.3 Å². The van der Waals surface area contributed by atoms with Crippen molar-refractivity contribution < 1.29 is 4.52 Å². The lowest BCUT2D eigenvalue weighted by Gasteiger charge is -2.10. The van der Waals surface area contributed by atoms with E-state index in [4.69, 9.17) is 21.1 Å². The van der Waals surface area contributed by atoms with E-state index >= 15 is 0 Å². The molecule has 0 fully saturated rings. The summed E-state index contributed by atoms with van der Waals surface area (Å²) in [7, 11) is 0. The molecule has 0 spiro atoms. The summed E-state index contributed by atoms with van der Waals surface area (Å²) in [5, 5.41) is 4.86. The summed E-state index contributed by atoms with van der Waals surface area (Å²) >= 11 is 6.02. The van der Waals surface area contributed by atoms with Gasteiger partial charge in [0.05, 0.1) is 17.0 Å². The second-order valence-electron chi connectivity index (χ2n) is 5.71. The third-order valence-corrected chi connectivity index (χ3v) is 4.41. The van der Waals surface area contributed by atoms with Gasteiger partial charge in [-0.25, -0.2) is 0 Å². The summed E-state index contributed by atoms with van der Waals surface area (Å²) in [5.74, 6) is 0.818. The number of hydrogen-bond donors (Lipinski definition) is 0. The van der Waals surface area contributed by atoms with Crippen LogP contribution in [-0.4, -0.2) is 10.9 Å². The molecule has 1 atom stereocenters. The number of aromatic nitrogens is 1. The molecule has 0 radical (unpaired) electrons. The molecule has 4 heteroatoms. The van der Waals surface area contributed by atoms with Crippen molar-refractivity contribution in [2.75, 3.05) is 0 Å². The van der Waals surface area contributed by atoms with Crippen LogP contribution < -0.4 is 0 Å². The van der Waals surface area contributed by atoms with Gasteiger partial charge in [0.1, 0.15) is 6.04 Å². The minimum absolute atomic E-state index is 0.0933. The molecular weight excluding hydrogens is 308 g/mol. The summed E-state index contributed by atoms with van der Waals surface area (Å²) in [6, 6.07) is 16.0. The summed E-state index contributed by atoms with van der Waals surface area (Å²) in [5.41, 5.74) is 6.15. The second-order valence-corrected chi connectivity index (χ2v) is 6.15. The normalized spacial score (nSPS) is 16.3. The van der Waals surface area contributed by atoms with Gasteiger partial charge in [0.15, 0.2) is 5.76 Å². The molecule has 0 N–H and O–H groups in total. The zero-order chi connectivity index (χ0) is 16.0. The van der Waals surface area contributed by atoms with Gasteiger partial charge in [-0.15, -0.1) is 0 Å². The van der Waals surface area contributed by atoms with Gasteiger partial charge in [0.2, 0.25) is 0 Å². The molecule has 1 aromatic heterocycles. The van der Waals surface area contributed by atoms with Gasteiger partial charge >= 0.3 is 0 Å². The average Bonchev–Trinajstić information content (AvgIpc) is 2.89. The van der Waals surface area contributed by atoms with Crippen LogP contribution >= 0.6 is 11.6 Å². The van der Waals surface area contributed by atoms with Crippen molar-refractivity contribution in [2.24, 2.45) is 4.99 Å². The first-order valence-electron chi connectivity index (χ1n) is 7.55. The molecule has 1 aliphatic rings. The standard InChI is InChI=1S/C19H15ClN2O/c1-11-17-15-5-3-4-6-16(15)18(13-7-9-14(20)10-8-13)21-12(2)19(17)23-22-11/h3-10,12H,1-2H3/t12-/m0/s1. The third-order valence-electron chi connectivity index (χ3n) is 4.16. The SMILES string of the molecule is Cc1noc2c1-c1ccccc1C(c1ccc(Cl)cc1)=N[C@H]2C. The quantitative estimate of drug-likeness (QED) is 0.616. The number of aliphatic imine (C=N–C) groups is 1. The Morgan fingerprint density at radius 2 is 1.70 bits per heavy atom. The summed E-state index contributed by atoms with van der Waals surface area (Å²) in [6.45, 7) is 4.00. The maximum atomic E-state index is 6.02. The van der Waals surface area contributed by atoms with Crippen LogP contribution in [0.25, 0.3) is 11.1 Å². The predicted molar refractivity (Wildman–Crippen MR) is 92.2 cm³/mol. The van der Waals surface area contributed by atoms with E-state index in [0.29, 0.717) is 0 Å². The first-order valence-corrected chi connectivity index (χ1v) is 7.92. The van der Waals surface area contributed by atoms with E-state index in [1.54, 1.807) is 0 Å². The third kappa shape index (κ3) is 2.28. The summed E-state index contributed by atoms with van der Waals surface area (Å²) in [6.07, 6.45) is 0. The summed E-state index contributed by atoms with van der Waals surface area (Å²) < 4.78 is 5.56. The van der Waals surface area contributed by atoms with Gasteiger partial charge in [-0.2, -0.15) is 0 Å². The van der Waals surface area contributed by atoms with Gasteiger partial charge < -0.3 is 4.52 Å². The van der Waals surface area contributed by atoms with Gasteiger partial charge in [0, 0.05) is 16.1 Å². The van der Waals surface area contributed by atoms with Crippen LogP contribution in [-0.2, 0) is 0 Å². The highest BCUT2D eigenvalue weighted by Gasteiger charge is 2.27. The number of rotatable bonds is 1. The van der Waals surface area contributed by atoms with Crippen molar-refractivity contribution in [1.29, 1.82) is 0 Å². The van der Waals surface area contributed by atoms with Crippen LogP contribution in [0.15, 0.2) is 58.0 Å². The lowest BCUT2D eigenvalue weighted by Crippen LogP contribution is -2.05. The lowest BCUT2D eigenvalue weighted by molar-refractivity contribution is 0.366. The Balaban J connectivity index is 2.00. The van der Waals surface area contributed by atoms with Crippen LogP contribution in [0.4, 0.5) is 0 Å². The van der Waals surface area contributed by atoms with Crippen molar-refractivity contribution in [1.82, 2.24) is 5.16 Å². The lowest BCUT2D eigenvalue weighted by atomic mass is 9.93. The van der Waals surface area contributed by atoms with Crippen LogP contribution in [0.2, 0.25) is 5.02 Å². The highest BCUT2D eigenvalue weighted by Crippen LogP contribution is 2.39. The molecule has 0 unspecified atom stereocenters. The molecule has 1 aliphatic heterocycles. The Labute approximate surface area is 139 Å². The molecule has 0 saturated heterocycles. The fourth-order valence-electron chi connectivity index (χ4n) is 3.07. The minimum Gasteiger partial charge on any atom is -0.358 e. The van der Waals surface area contributed by atoms with Gasteiger partial charge in [-0.3, -0.25) is 4.99 Å². The fraction of sp³-hybridized carbons (Fsp3) is 0.158. The van der Waals surface area contributed by atoms with Gasteiger partial charge in [-0.05, 0) is 31.5 Å². The van der Waals surface area contributed by atoms with E-state index in [1.807, 2.05) is 50.2 Å². The molecule has 2 heterocycles. The molecule has 3 aromatic rings. The molecule has 2 aromatic carbocycles.